The van der Waals surface area contributed by atoms with Crippen LogP contribution in [0.3, 0.4) is 0 Å². The molecule has 3 rings (SSSR count). The molecule has 0 saturated carbocycles. The average Bonchev–Trinajstić information content (AvgIpc) is 3.10. The van der Waals surface area contributed by atoms with Crippen LogP contribution in [-0.4, -0.2) is 29.6 Å². The third-order valence-electron chi connectivity index (χ3n) is 3.54. The Hall–Kier alpha value is -3.08. The minimum Gasteiger partial charge on any atom is -0.376 e. The maximum absolute atomic E-state index is 12.3. The van der Waals surface area contributed by atoms with Crippen LogP contribution in [-0.2, 0) is 0 Å². The fraction of sp³-hybridized carbons (Fsp3) is 0.111. The smallest absolute Gasteiger partial charge is 0.256 e. The average molecular weight is 306 g/mol. The molecule has 0 bridgehead atoms. The summed E-state index contributed by atoms with van der Waals surface area (Å²) >= 11 is 0. The number of anilines is 2. The zero-order valence-corrected chi connectivity index (χ0v) is 13.1. The Balaban J connectivity index is 1.70. The quantitative estimate of drug-likeness (QED) is 0.805. The fourth-order valence-corrected chi connectivity index (χ4v) is 2.20. The van der Waals surface area contributed by atoms with Crippen molar-refractivity contribution in [1.82, 2.24) is 9.55 Å². The van der Waals surface area contributed by atoms with Gasteiger partial charge in [0.05, 0.1) is 11.9 Å². The summed E-state index contributed by atoms with van der Waals surface area (Å²) in [5.74, 6) is 0.365. The van der Waals surface area contributed by atoms with Crippen molar-refractivity contribution in [2.24, 2.45) is 0 Å². The van der Waals surface area contributed by atoms with Gasteiger partial charge in [-0.05, 0) is 48.5 Å². The molecule has 2 heterocycles. The first-order chi connectivity index (χ1) is 11.1. The molecule has 0 saturated heterocycles. The lowest BCUT2D eigenvalue weighted by Crippen LogP contribution is -2.14. The summed E-state index contributed by atoms with van der Waals surface area (Å²) in [5, 5.41) is 2.80. The SMILES string of the molecule is CN(C)c1ccc(NC(=O)c2ccc(-n3cccc3)cc2)nc1. The van der Waals surface area contributed by atoms with E-state index in [1.54, 1.807) is 24.4 Å². The molecule has 5 nitrogen and oxygen atoms in total. The Morgan fingerprint density at radius 3 is 2.30 bits per heavy atom. The highest BCUT2D eigenvalue weighted by molar-refractivity contribution is 6.03. The van der Waals surface area contributed by atoms with Crippen molar-refractivity contribution in [3.05, 3.63) is 72.7 Å². The van der Waals surface area contributed by atoms with Crippen LogP contribution in [0.4, 0.5) is 11.5 Å². The second-order valence-corrected chi connectivity index (χ2v) is 5.39. The number of carbonyl (C=O) groups excluding carboxylic acids is 1. The lowest BCUT2D eigenvalue weighted by Gasteiger charge is -2.12. The van der Waals surface area contributed by atoms with E-state index in [2.05, 4.69) is 10.3 Å². The van der Waals surface area contributed by atoms with E-state index in [9.17, 15) is 4.79 Å². The van der Waals surface area contributed by atoms with Gasteiger partial charge in [-0.2, -0.15) is 0 Å². The molecular formula is C18H18N4O. The predicted octanol–water partition coefficient (Wildman–Crippen LogP) is 3.19. The highest BCUT2D eigenvalue weighted by Gasteiger charge is 2.07. The van der Waals surface area contributed by atoms with Gasteiger partial charge in [0.1, 0.15) is 5.82 Å². The Bertz CT molecular complexity index is 775. The number of hydrogen-bond donors (Lipinski definition) is 1. The van der Waals surface area contributed by atoms with E-state index in [4.69, 9.17) is 0 Å². The topological polar surface area (TPSA) is 50.2 Å². The van der Waals surface area contributed by atoms with Crippen molar-refractivity contribution in [2.45, 2.75) is 0 Å². The summed E-state index contributed by atoms with van der Waals surface area (Å²) in [4.78, 5) is 18.5. The maximum Gasteiger partial charge on any atom is 0.256 e. The highest BCUT2D eigenvalue weighted by atomic mass is 16.1. The highest BCUT2D eigenvalue weighted by Crippen LogP contribution is 2.14. The summed E-state index contributed by atoms with van der Waals surface area (Å²) in [6.07, 6.45) is 5.65. The molecule has 1 aromatic carbocycles. The molecular weight excluding hydrogens is 288 g/mol. The van der Waals surface area contributed by atoms with E-state index in [1.807, 2.05) is 66.3 Å². The van der Waals surface area contributed by atoms with Crippen LogP contribution in [0.1, 0.15) is 10.4 Å². The zero-order valence-electron chi connectivity index (χ0n) is 13.1. The van der Waals surface area contributed by atoms with Gasteiger partial charge in [0.2, 0.25) is 0 Å². The Morgan fingerprint density at radius 1 is 1.04 bits per heavy atom. The summed E-state index contributed by atoms with van der Waals surface area (Å²) in [5.41, 5.74) is 2.60. The minimum absolute atomic E-state index is 0.172. The largest absolute Gasteiger partial charge is 0.376 e. The molecule has 0 aliphatic rings. The number of carbonyl (C=O) groups is 1. The van der Waals surface area contributed by atoms with Gasteiger partial charge in [-0.3, -0.25) is 4.79 Å². The first kappa shape index (κ1) is 14.8. The van der Waals surface area contributed by atoms with Gasteiger partial charge in [0, 0.05) is 37.7 Å². The van der Waals surface area contributed by atoms with Crippen LogP contribution in [0, 0.1) is 0 Å². The Kier molecular flexibility index (Phi) is 4.10. The van der Waals surface area contributed by atoms with Crippen molar-refractivity contribution in [1.29, 1.82) is 0 Å². The van der Waals surface area contributed by atoms with Crippen molar-refractivity contribution >= 4 is 17.4 Å². The number of nitrogens with zero attached hydrogens (tertiary/aromatic N) is 3. The number of hydrogen-bond acceptors (Lipinski definition) is 3. The molecule has 2 aromatic heterocycles. The van der Waals surface area contributed by atoms with Gasteiger partial charge < -0.3 is 14.8 Å². The molecule has 0 radical (unpaired) electrons. The number of nitrogens with one attached hydrogen (secondary N) is 1. The van der Waals surface area contributed by atoms with Crippen LogP contribution in [0.25, 0.3) is 5.69 Å². The Labute approximate surface area is 135 Å². The van der Waals surface area contributed by atoms with Crippen LogP contribution in [0.5, 0.6) is 0 Å². The minimum atomic E-state index is -0.172. The number of amides is 1. The molecule has 1 amide bonds. The summed E-state index contributed by atoms with van der Waals surface area (Å²) in [7, 11) is 3.89. The standard InChI is InChI=1S/C18H18N4O/c1-21(2)16-9-10-17(19-13-16)20-18(23)14-5-7-15(8-6-14)22-11-3-4-12-22/h3-13H,1-2H3,(H,19,20,23). The number of benzene rings is 1. The molecule has 5 heteroatoms. The van der Waals surface area contributed by atoms with Crippen LogP contribution < -0.4 is 10.2 Å². The number of rotatable bonds is 4. The predicted molar refractivity (Wildman–Crippen MR) is 92.3 cm³/mol. The van der Waals surface area contributed by atoms with Gasteiger partial charge in [-0.15, -0.1) is 0 Å². The van der Waals surface area contributed by atoms with E-state index < -0.39 is 0 Å². The van der Waals surface area contributed by atoms with Gasteiger partial charge in [-0.1, -0.05) is 0 Å². The van der Waals surface area contributed by atoms with Crippen molar-refractivity contribution in [3.63, 3.8) is 0 Å². The van der Waals surface area contributed by atoms with Gasteiger partial charge in [-0.25, -0.2) is 4.98 Å². The Morgan fingerprint density at radius 2 is 1.74 bits per heavy atom. The fourth-order valence-electron chi connectivity index (χ4n) is 2.20. The van der Waals surface area contributed by atoms with Crippen molar-refractivity contribution in [3.8, 4) is 5.69 Å². The molecule has 116 valence electrons. The maximum atomic E-state index is 12.3. The van der Waals surface area contributed by atoms with E-state index in [0.29, 0.717) is 11.4 Å². The molecule has 3 aromatic rings. The zero-order chi connectivity index (χ0) is 16.2. The van der Waals surface area contributed by atoms with E-state index in [1.165, 1.54) is 0 Å². The molecule has 23 heavy (non-hydrogen) atoms. The third-order valence-corrected chi connectivity index (χ3v) is 3.54. The van der Waals surface area contributed by atoms with Crippen LogP contribution in [0.2, 0.25) is 0 Å². The van der Waals surface area contributed by atoms with E-state index >= 15 is 0 Å². The third kappa shape index (κ3) is 3.40. The summed E-state index contributed by atoms with van der Waals surface area (Å²) in [6, 6.07) is 15.1. The lowest BCUT2D eigenvalue weighted by molar-refractivity contribution is 0.102. The number of aromatic nitrogens is 2. The lowest BCUT2D eigenvalue weighted by atomic mass is 10.2. The monoisotopic (exact) mass is 306 g/mol. The molecule has 0 aliphatic carbocycles. The van der Waals surface area contributed by atoms with Gasteiger partial charge >= 0.3 is 0 Å². The second-order valence-electron chi connectivity index (χ2n) is 5.39. The van der Waals surface area contributed by atoms with Gasteiger partial charge in [0.15, 0.2) is 0 Å². The van der Waals surface area contributed by atoms with Crippen LogP contribution >= 0.6 is 0 Å². The summed E-state index contributed by atoms with van der Waals surface area (Å²) < 4.78 is 1.99. The normalized spacial score (nSPS) is 10.3. The molecule has 0 fully saturated rings. The van der Waals surface area contributed by atoms with E-state index in [0.717, 1.165) is 11.4 Å². The molecule has 0 spiro atoms. The van der Waals surface area contributed by atoms with E-state index in [-0.39, 0.29) is 5.91 Å². The number of pyridine rings is 1. The van der Waals surface area contributed by atoms with Crippen molar-refractivity contribution < 1.29 is 4.79 Å². The molecule has 0 aliphatic heterocycles. The van der Waals surface area contributed by atoms with Crippen molar-refractivity contribution in [2.75, 3.05) is 24.3 Å². The first-order valence-electron chi connectivity index (χ1n) is 7.31. The van der Waals surface area contributed by atoms with Gasteiger partial charge in [0.25, 0.3) is 5.91 Å². The first-order valence-corrected chi connectivity index (χ1v) is 7.31. The second kappa shape index (κ2) is 6.36. The molecule has 0 unspecified atom stereocenters. The molecule has 1 N–H and O–H groups in total. The molecule has 0 atom stereocenters. The summed E-state index contributed by atoms with van der Waals surface area (Å²) in [6.45, 7) is 0. The van der Waals surface area contributed by atoms with Crippen LogP contribution in [0.15, 0.2) is 67.1 Å².